The number of hydrogen-bond acceptors (Lipinski definition) is 3. The van der Waals surface area contributed by atoms with Crippen LogP contribution in [0, 0.1) is 11.6 Å². The van der Waals surface area contributed by atoms with Crippen LogP contribution in [0.3, 0.4) is 0 Å². The summed E-state index contributed by atoms with van der Waals surface area (Å²) in [6, 6.07) is 19.0. The molecule has 0 aliphatic rings. The molecule has 3 aromatic carbocycles. The zero-order chi connectivity index (χ0) is 24.5. The van der Waals surface area contributed by atoms with Gasteiger partial charge in [0.1, 0.15) is 24.0 Å². The van der Waals surface area contributed by atoms with Gasteiger partial charge in [0.2, 0.25) is 0 Å². The summed E-state index contributed by atoms with van der Waals surface area (Å²) in [6.07, 6.45) is 1.43. The standard InChI is InChI=1S/C29H30F2O3/c1-4-33-29(32)28(12-20(2)3)24-13-22(10-11-23-14-25(30)18-26(31)15-23)16-27(17-24)34-19-21-8-6-5-7-9-21/h5-9,13-18,28H,2,4,10-12,19H2,1,3H3. The molecule has 0 aliphatic heterocycles. The molecule has 0 saturated heterocycles. The minimum Gasteiger partial charge on any atom is -0.489 e. The number of esters is 1. The summed E-state index contributed by atoms with van der Waals surface area (Å²) < 4.78 is 38.6. The van der Waals surface area contributed by atoms with E-state index in [4.69, 9.17) is 9.47 Å². The number of hydrogen-bond donors (Lipinski definition) is 0. The average Bonchev–Trinajstić information content (AvgIpc) is 2.80. The molecule has 34 heavy (non-hydrogen) atoms. The van der Waals surface area contributed by atoms with Crippen LogP contribution in [0.25, 0.3) is 0 Å². The van der Waals surface area contributed by atoms with Crippen LogP contribution in [0.5, 0.6) is 5.75 Å². The van der Waals surface area contributed by atoms with E-state index in [1.165, 1.54) is 12.1 Å². The molecule has 1 atom stereocenters. The van der Waals surface area contributed by atoms with Gasteiger partial charge >= 0.3 is 5.97 Å². The number of carbonyl (C=O) groups is 1. The predicted octanol–water partition coefficient (Wildman–Crippen LogP) is 6.94. The monoisotopic (exact) mass is 464 g/mol. The Morgan fingerprint density at radius 2 is 1.56 bits per heavy atom. The van der Waals surface area contributed by atoms with E-state index in [2.05, 4.69) is 6.58 Å². The van der Waals surface area contributed by atoms with E-state index < -0.39 is 17.6 Å². The molecule has 0 fully saturated rings. The zero-order valence-corrected chi connectivity index (χ0v) is 19.7. The van der Waals surface area contributed by atoms with Crippen molar-refractivity contribution in [3.8, 4) is 5.75 Å². The second-order valence-corrected chi connectivity index (χ2v) is 8.43. The Morgan fingerprint density at radius 3 is 2.18 bits per heavy atom. The lowest BCUT2D eigenvalue weighted by atomic mass is 9.90. The summed E-state index contributed by atoms with van der Waals surface area (Å²) in [5, 5.41) is 0. The highest BCUT2D eigenvalue weighted by Gasteiger charge is 2.23. The van der Waals surface area contributed by atoms with Crippen molar-refractivity contribution in [1.82, 2.24) is 0 Å². The maximum absolute atomic E-state index is 13.6. The van der Waals surface area contributed by atoms with Crippen LogP contribution < -0.4 is 4.74 Å². The molecule has 3 aromatic rings. The molecule has 0 bridgehead atoms. The Labute approximate surface area is 200 Å². The molecule has 0 amide bonds. The third kappa shape index (κ3) is 7.55. The van der Waals surface area contributed by atoms with Crippen molar-refractivity contribution in [3.63, 3.8) is 0 Å². The van der Waals surface area contributed by atoms with E-state index in [9.17, 15) is 13.6 Å². The molecule has 0 spiro atoms. The molecule has 0 N–H and O–H groups in total. The minimum atomic E-state index is -0.598. The fraction of sp³-hybridized carbons (Fsp3) is 0.276. The number of allylic oxidation sites excluding steroid dienone is 1. The van der Waals surface area contributed by atoms with E-state index in [0.29, 0.717) is 37.2 Å². The van der Waals surface area contributed by atoms with E-state index in [1.807, 2.05) is 55.5 Å². The van der Waals surface area contributed by atoms with Gasteiger partial charge in [-0.3, -0.25) is 4.79 Å². The Balaban J connectivity index is 1.90. The Bertz CT molecular complexity index is 1110. The minimum absolute atomic E-state index is 0.285. The van der Waals surface area contributed by atoms with Crippen LogP contribution >= 0.6 is 0 Å². The SMILES string of the molecule is C=C(C)CC(C(=O)OCC)c1cc(CCc2cc(F)cc(F)c2)cc(OCc2ccccc2)c1. The highest BCUT2D eigenvalue weighted by atomic mass is 19.1. The average molecular weight is 465 g/mol. The summed E-state index contributed by atoms with van der Waals surface area (Å²) >= 11 is 0. The molecule has 0 radical (unpaired) electrons. The Kier molecular flexibility index (Phi) is 8.97. The molecular weight excluding hydrogens is 434 g/mol. The molecule has 1 unspecified atom stereocenters. The van der Waals surface area contributed by atoms with E-state index >= 15 is 0 Å². The second kappa shape index (κ2) is 12.1. The van der Waals surface area contributed by atoms with Crippen molar-refractivity contribution >= 4 is 5.97 Å². The van der Waals surface area contributed by atoms with Crippen LogP contribution in [-0.2, 0) is 29.0 Å². The number of aryl methyl sites for hydroxylation is 2. The van der Waals surface area contributed by atoms with Crippen LogP contribution in [0.4, 0.5) is 8.78 Å². The van der Waals surface area contributed by atoms with Gasteiger partial charge < -0.3 is 9.47 Å². The summed E-state index contributed by atoms with van der Waals surface area (Å²) in [4.78, 5) is 12.7. The van der Waals surface area contributed by atoms with E-state index in [-0.39, 0.29) is 12.6 Å². The predicted molar refractivity (Wildman–Crippen MR) is 130 cm³/mol. The number of halogens is 2. The van der Waals surface area contributed by atoms with Gasteiger partial charge in [0.05, 0.1) is 12.5 Å². The first kappa shape index (κ1) is 25.2. The van der Waals surface area contributed by atoms with Crippen molar-refractivity contribution in [3.05, 3.63) is 113 Å². The van der Waals surface area contributed by atoms with Crippen molar-refractivity contribution < 1.29 is 23.0 Å². The van der Waals surface area contributed by atoms with Gasteiger partial charge in [-0.25, -0.2) is 8.78 Å². The van der Waals surface area contributed by atoms with Crippen molar-refractivity contribution in [1.29, 1.82) is 0 Å². The van der Waals surface area contributed by atoms with Crippen LogP contribution in [0.15, 0.2) is 78.9 Å². The summed E-state index contributed by atoms with van der Waals surface area (Å²) in [5.74, 6) is -1.40. The van der Waals surface area contributed by atoms with Gasteiger partial charge in [-0.15, -0.1) is 6.58 Å². The maximum atomic E-state index is 13.6. The molecule has 0 heterocycles. The first-order valence-corrected chi connectivity index (χ1v) is 11.4. The van der Waals surface area contributed by atoms with Gasteiger partial charge in [-0.05, 0) is 79.6 Å². The summed E-state index contributed by atoms with van der Waals surface area (Å²) in [6.45, 7) is 8.28. The van der Waals surface area contributed by atoms with Crippen molar-refractivity contribution in [2.45, 2.75) is 45.6 Å². The summed E-state index contributed by atoms with van der Waals surface area (Å²) in [7, 11) is 0. The molecule has 0 aliphatic carbocycles. The topological polar surface area (TPSA) is 35.5 Å². The Hall–Kier alpha value is -3.47. The molecule has 3 rings (SSSR count). The number of carbonyl (C=O) groups excluding carboxylic acids is 1. The van der Waals surface area contributed by atoms with E-state index in [0.717, 1.165) is 28.3 Å². The fourth-order valence-electron chi connectivity index (χ4n) is 3.83. The van der Waals surface area contributed by atoms with Crippen LogP contribution in [0.2, 0.25) is 0 Å². The lowest BCUT2D eigenvalue weighted by molar-refractivity contribution is -0.144. The molecule has 0 aromatic heterocycles. The highest BCUT2D eigenvalue weighted by Crippen LogP contribution is 2.30. The largest absolute Gasteiger partial charge is 0.489 e. The van der Waals surface area contributed by atoms with Gasteiger partial charge in [0.15, 0.2) is 0 Å². The molecule has 0 saturated carbocycles. The second-order valence-electron chi connectivity index (χ2n) is 8.43. The van der Waals surface area contributed by atoms with Gasteiger partial charge in [0.25, 0.3) is 0 Å². The summed E-state index contributed by atoms with van der Waals surface area (Å²) in [5.41, 5.74) is 4.13. The van der Waals surface area contributed by atoms with Gasteiger partial charge in [-0.2, -0.15) is 0 Å². The van der Waals surface area contributed by atoms with Crippen molar-refractivity contribution in [2.24, 2.45) is 0 Å². The quantitative estimate of drug-likeness (QED) is 0.228. The molecule has 3 nitrogen and oxygen atoms in total. The molecular formula is C29H30F2O3. The maximum Gasteiger partial charge on any atom is 0.313 e. The van der Waals surface area contributed by atoms with Gasteiger partial charge in [0, 0.05) is 6.07 Å². The van der Waals surface area contributed by atoms with Crippen molar-refractivity contribution in [2.75, 3.05) is 6.61 Å². The normalized spacial score (nSPS) is 11.6. The third-order valence-corrected chi connectivity index (χ3v) is 5.39. The highest BCUT2D eigenvalue weighted by molar-refractivity contribution is 5.78. The van der Waals surface area contributed by atoms with Crippen LogP contribution in [0.1, 0.15) is 48.4 Å². The number of benzene rings is 3. The number of ether oxygens (including phenoxy) is 2. The zero-order valence-electron chi connectivity index (χ0n) is 19.7. The first-order chi connectivity index (χ1) is 16.3. The first-order valence-electron chi connectivity index (χ1n) is 11.4. The van der Waals surface area contributed by atoms with E-state index in [1.54, 1.807) is 6.92 Å². The van der Waals surface area contributed by atoms with Gasteiger partial charge in [-0.1, -0.05) is 42.0 Å². The smallest absolute Gasteiger partial charge is 0.313 e. The lowest BCUT2D eigenvalue weighted by Crippen LogP contribution is -2.17. The number of rotatable bonds is 11. The fourth-order valence-corrected chi connectivity index (χ4v) is 3.83. The Morgan fingerprint density at radius 1 is 0.912 bits per heavy atom. The molecule has 178 valence electrons. The lowest BCUT2D eigenvalue weighted by Gasteiger charge is -2.19. The van der Waals surface area contributed by atoms with Crippen LogP contribution in [-0.4, -0.2) is 12.6 Å². The third-order valence-electron chi connectivity index (χ3n) is 5.39. The molecule has 5 heteroatoms.